The number of amides is 2. The van der Waals surface area contributed by atoms with Crippen molar-refractivity contribution in [2.75, 3.05) is 11.9 Å². The van der Waals surface area contributed by atoms with Gasteiger partial charge < -0.3 is 15.6 Å². The van der Waals surface area contributed by atoms with Gasteiger partial charge in [-0.1, -0.05) is 34.8 Å². The summed E-state index contributed by atoms with van der Waals surface area (Å²) in [6.45, 7) is -0.457. The van der Waals surface area contributed by atoms with Gasteiger partial charge in [0, 0.05) is 10.1 Å². The number of aromatic hydroxyl groups is 1. The van der Waals surface area contributed by atoms with Gasteiger partial charge >= 0.3 is 6.09 Å². The SMILES string of the molecule is NC(=O)c1c(NC(=O)OCC(Cl)(Cl)Cl)sc2cc(O)ccc12. The number of carbonyl (C=O) groups excluding carboxylic acids is 2. The molecule has 0 saturated heterocycles. The van der Waals surface area contributed by atoms with Crippen molar-refractivity contribution in [3.63, 3.8) is 0 Å². The third-order valence-corrected chi connectivity index (χ3v) is 3.90. The summed E-state index contributed by atoms with van der Waals surface area (Å²) in [7, 11) is 0. The number of alkyl halides is 3. The molecule has 0 fully saturated rings. The number of hydrogen-bond donors (Lipinski definition) is 3. The molecule has 0 aliphatic carbocycles. The van der Waals surface area contributed by atoms with Gasteiger partial charge in [-0.2, -0.15) is 0 Å². The number of carbonyl (C=O) groups is 2. The predicted octanol–water partition coefficient (Wildman–Crippen LogP) is 3.62. The molecule has 118 valence electrons. The molecule has 1 heterocycles. The summed E-state index contributed by atoms with van der Waals surface area (Å²) in [5.74, 6) is -0.705. The number of fused-ring (bicyclic) bond motifs is 1. The van der Waals surface area contributed by atoms with Crippen molar-refractivity contribution in [2.24, 2.45) is 5.73 Å². The number of hydrogen-bond acceptors (Lipinski definition) is 5. The second-order valence-electron chi connectivity index (χ2n) is 4.17. The highest BCUT2D eigenvalue weighted by Gasteiger charge is 2.24. The second kappa shape index (κ2) is 6.37. The predicted molar refractivity (Wildman–Crippen MR) is 87.3 cm³/mol. The Balaban J connectivity index is 2.29. The maximum atomic E-state index is 11.7. The first-order valence-corrected chi connectivity index (χ1v) is 7.68. The maximum absolute atomic E-state index is 11.7. The minimum atomic E-state index is -1.74. The summed E-state index contributed by atoms with van der Waals surface area (Å²) >= 11 is 17.5. The largest absolute Gasteiger partial charge is 0.508 e. The number of rotatable bonds is 3. The summed E-state index contributed by atoms with van der Waals surface area (Å²) in [6, 6.07) is 4.38. The Morgan fingerprint density at radius 1 is 1.36 bits per heavy atom. The first-order chi connectivity index (χ1) is 10.2. The number of anilines is 1. The Morgan fingerprint density at radius 2 is 2.05 bits per heavy atom. The van der Waals surface area contributed by atoms with Crippen LogP contribution in [0, 0.1) is 0 Å². The molecule has 0 bridgehead atoms. The molecule has 2 aromatic rings. The van der Waals surface area contributed by atoms with Crippen LogP contribution in [-0.2, 0) is 4.74 Å². The van der Waals surface area contributed by atoms with Crippen LogP contribution in [0.3, 0.4) is 0 Å². The van der Waals surface area contributed by atoms with Crippen molar-refractivity contribution in [1.29, 1.82) is 0 Å². The van der Waals surface area contributed by atoms with Crippen LogP contribution in [-0.4, -0.2) is 27.5 Å². The fourth-order valence-corrected chi connectivity index (χ4v) is 2.98. The van der Waals surface area contributed by atoms with Crippen LogP contribution >= 0.6 is 46.1 Å². The number of phenols is 1. The Hall–Kier alpha value is -1.41. The summed E-state index contributed by atoms with van der Waals surface area (Å²) in [6.07, 6.45) is -0.899. The highest BCUT2D eigenvalue weighted by atomic mass is 35.6. The van der Waals surface area contributed by atoms with Crippen LogP contribution in [0.25, 0.3) is 10.1 Å². The molecule has 0 unspecified atom stereocenters. The van der Waals surface area contributed by atoms with E-state index in [4.69, 9.17) is 45.3 Å². The van der Waals surface area contributed by atoms with E-state index in [0.29, 0.717) is 10.1 Å². The lowest BCUT2D eigenvalue weighted by molar-refractivity contribution is 0.100. The highest BCUT2D eigenvalue weighted by molar-refractivity contribution is 7.23. The molecule has 6 nitrogen and oxygen atoms in total. The standard InChI is InChI=1S/C12H9Cl3N2O4S/c13-12(14,15)4-21-11(20)17-10-8(9(16)19)6-2-1-5(18)3-7(6)22-10/h1-3,18H,4H2,(H2,16,19)(H,17,20). The Bertz CT molecular complexity index is 742. The molecule has 2 amide bonds. The van der Waals surface area contributed by atoms with E-state index >= 15 is 0 Å². The lowest BCUT2D eigenvalue weighted by Crippen LogP contribution is -2.22. The van der Waals surface area contributed by atoms with Crippen molar-refractivity contribution in [1.82, 2.24) is 0 Å². The van der Waals surface area contributed by atoms with E-state index in [9.17, 15) is 14.7 Å². The van der Waals surface area contributed by atoms with Gasteiger partial charge in [-0.3, -0.25) is 10.1 Å². The van der Waals surface area contributed by atoms with Gasteiger partial charge in [0.2, 0.25) is 3.79 Å². The molecule has 2 rings (SSSR count). The van der Waals surface area contributed by atoms with Gasteiger partial charge in [-0.25, -0.2) is 4.79 Å². The molecule has 0 saturated carbocycles. The molecule has 0 aliphatic rings. The van der Waals surface area contributed by atoms with Crippen molar-refractivity contribution < 1.29 is 19.4 Å². The number of phenolic OH excluding ortho intramolecular Hbond substituents is 1. The van der Waals surface area contributed by atoms with Crippen LogP contribution in [0.15, 0.2) is 18.2 Å². The minimum Gasteiger partial charge on any atom is -0.508 e. The lowest BCUT2D eigenvalue weighted by atomic mass is 10.1. The van der Waals surface area contributed by atoms with E-state index < -0.39 is 22.4 Å². The first kappa shape index (κ1) is 17.0. The van der Waals surface area contributed by atoms with E-state index in [1.54, 1.807) is 0 Å². The van der Waals surface area contributed by atoms with E-state index in [2.05, 4.69) is 5.32 Å². The van der Waals surface area contributed by atoms with E-state index in [-0.39, 0.29) is 16.3 Å². The summed E-state index contributed by atoms with van der Waals surface area (Å²) in [5.41, 5.74) is 5.45. The van der Waals surface area contributed by atoms with Crippen molar-refractivity contribution in [2.45, 2.75) is 3.79 Å². The smallest absolute Gasteiger partial charge is 0.412 e. The van der Waals surface area contributed by atoms with Crippen LogP contribution in [0.2, 0.25) is 0 Å². The summed E-state index contributed by atoms with van der Waals surface area (Å²) in [4.78, 5) is 23.3. The number of halogens is 3. The van der Waals surface area contributed by atoms with E-state index in [1.165, 1.54) is 18.2 Å². The Labute approximate surface area is 143 Å². The molecule has 10 heteroatoms. The van der Waals surface area contributed by atoms with Crippen molar-refractivity contribution in [3.05, 3.63) is 23.8 Å². The molecule has 1 aromatic carbocycles. The monoisotopic (exact) mass is 382 g/mol. The van der Waals surface area contributed by atoms with Crippen LogP contribution in [0.1, 0.15) is 10.4 Å². The van der Waals surface area contributed by atoms with Crippen LogP contribution < -0.4 is 11.1 Å². The Kier molecular flexibility index (Phi) is 4.91. The number of nitrogens with one attached hydrogen (secondary N) is 1. The topological polar surface area (TPSA) is 102 Å². The lowest BCUT2D eigenvalue weighted by Gasteiger charge is -2.11. The minimum absolute atomic E-state index is 0.0232. The number of ether oxygens (including phenoxy) is 1. The average Bonchev–Trinajstić information content (AvgIpc) is 2.72. The van der Waals surface area contributed by atoms with Crippen molar-refractivity contribution in [3.8, 4) is 5.75 Å². The highest BCUT2D eigenvalue weighted by Crippen LogP contribution is 2.37. The van der Waals surface area contributed by atoms with Crippen molar-refractivity contribution >= 4 is 73.2 Å². The van der Waals surface area contributed by atoms with Gasteiger partial charge in [-0.05, 0) is 18.2 Å². The zero-order valence-electron chi connectivity index (χ0n) is 10.7. The third-order valence-electron chi connectivity index (χ3n) is 2.50. The quantitative estimate of drug-likeness (QED) is 0.704. The second-order valence-corrected chi connectivity index (χ2v) is 7.74. The molecule has 0 radical (unpaired) electrons. The third kappa shape index (κ3) is 4.07. The molecular weight excluding hydrogens is 375 g/mol. The van der Waals surface area contributed by atoms with E-state index in [0.717, 1.165) is 11.3 Å². The summed E-state index contributed by atoms with van der Waals surface area (Å²) < 4.78 is 3.56. The molecule has 22 heavy (non-hydrogen) atoms. The van der Waals surface area contributed by atoms with Gasteiger partial charge in [0.15, 0.2) is 0 Å². The van der Waals surface area contributed by atoms with Gasteiger partial charge in [0.1, 0.15) is 17.4 Å². The fraction of sp³-hybridized carbons (Fsp3) is 0.167. The fourth-order valence-electron chi connectivity index (χ4n) is 1.69. The maximum Gasteiger partial charge on any atom is 0.412 e. The number of benzene rings is 1. The molecule has 0 atom stereocenters. The normalized spacial score (nSPS) is 11.4. The van der Waals surface area contributed by atoms with Gasteiger partial charge in [0.05, 0.1) is 5.56 Å². The molecule has 0 aliphatic heterocycles. The van der Waals surface area contributed by atoms with E-state index in [1.807, 2.05) is 0 Å². The number of nitrogens with two attached hydrogens (primary N) is 1. The average molecular weight is 384 g/mol. The zero-order chi connectivity index (χ0) is 16.5. The van der Waals surface area contributed by atoms with Gasteiger partial charge in [-0.15, -0.1) is 11.3 Å². The van der Waals surface area contributed by atoms with Gasteiger partial charge in [0.25, 0.3) is 5.91 Å². The summed E-state index contributed by atoms with van der Waals surface area (Å²) in [5, 5.41) is 12.5. The Morgan fingerprint density at radius 3 is 2.64 bits per heavy atom. The number of primary amides is 1. The molecule has 4 N–H and O–H groups in total. The first-order valence-electron chi connectivity index (χ1n) is 5.73. The zero-order valence-corrected chi connectivity index (χ0v) is 13.8. The molecule has 1 aromatic heterocycles. The van der Waals surface area contributed by atoms with Crippen LogP contribution in [0.4, 0.5) is 9.80 Å². The van der Waals surface area contributed by atoms with Crippen LogP contribution in [0.5, 0.6) is 5.75 Å². The molecule has 0 spiro atoms. The molecular formula is C12H9Cl3N2O4S. The number of thiophene rings is 1.